The van der Waals surface area contributed by atoms with Crippen LogP contribution in [0.3, 0.4) is 0 Å². The molecule has 0 unspecified atom stereocenters. The highest BCUT2D eigenvalue weighted by Crippen LogP contribution is 2.09. The number of rotatable bonds is 7. The second-order valence-corrected chi connectivity index (χ2v) is 6.65. The third-order valence-corrected chi connectivity index (χ3v) is 4.45. The lowest BCUT2D eigenvalue weighted by atomic mass is 10.1. The zero-order chi connectivity index (χ0) is 20.1. The van der Waals surface area contributed by atoms with Crippen LogP contribution < -0.4 is 10.6 Å². The molecule has 3 heterocycles. The molecule has 4 rings (SSSR count). The van der Waals surface area contributed by atoms with Crippen LogP contribution in [0.1, 0.15) is 27.4 Å². The number of hydrogen-bond donors (Lipinski definition) is 2. The molecule has 0 spiro atoms. The Morgan fingerprint density at radius 1 is 1.03 bits per heavy atom. The van der Waals surface area contributed by atoms with Crippen LogP contribution in [0.4, 0.5) is 5.82 Å². The average molecular weight is 387 g/mol. The SMILES string of the molecule is Cc1ccc(C(=O)NCCc2nnc3ccc(NCc4ccccn4)nn23)cc1. The molecule has 0 aliphatic carbocycles. The lowest BCUT2D eigenvalue weighted by Gasteiger charge is -2.07. The van der Waals surface area contributed by atoms with Gasteiger partial charge in [-0.2, -0.15) is 4.52 Å². The Hall–Kier alpha value is -3.81. The Kier molecular flexibility index (Phi) is 5.42. The molecule has 0 aliphatic rings. The molecule has 4 aromatic rings. The predicted molar refractivity (Wildman–Crippen MR) is 110 cm³/mol. The summed E-state index contributed by atoms with van der Waals surface area (Å²) >= 11 is 0. The monoisotopic (exact) mass is 387 g/mol. The van der Waals surface area contributed by atoms with E-state index in [9.17, 15) is 4.79 Å². The highest BCUT2D eigenvalue weighted by atomic mass is 16.1. The average Bonchev–Trinajstić information content (AvgIpc) is 3.16. The van der Waals surface area contributed by atoms with Crippen LogP contribution >= 0.6 is 0 Å². The number of aromatic nitrogens is 5. The number of anilines is 1. The summed E-state index contributed by atoms with van der Waals surface area (Å²) in [7, 11) is 0. The van der Waals surface area contributed by atoms with Gasteiger partial charge in [-0.1, -0.05) is 23.8 Å². The molecule has 0 radical (unpaired) electrons. The molecule has 0 bridgehead atoms. The van der Waals surface area contributed by atoms with Gasteiger partial charge in [0.15, 0.2) is 11.5 Å². The van der Waals surface area contributed by atoms with Crippen LogP contribution in [0.2, 0.25) is 0 Å². The fourth-order valence-electron chi connectivity index (χ4n) is 2.86. The quantitative estimate of drug-likeness (QED) is 0.505. The summed E-state index contributed by atoms with van der Waals surface area (Å²) in [6.45, 7) is 3.01. The highest BCUT2D eigenvalue weighted by molar-refractivity contribution is 5.94. The number of benzene rings is 1. The Balaban J connectivity index is 1.38. The molecular formula is C21H21N7O. The van der Waals surface area contributed by atoms with Gasteiger partial charge in [-0.3, -0.25) is 9.78 Å². The molecule has 0 saturated heterocycles. The van der Waals surface area contributed by atoms with Crippen LogP contribution in [0, 0.1) is 6.92 Å². The molecular weight excluding hydrogens is 366 g/mol. The van der Waals surface area contributed by atoms with Gasteiger partial charge in [0.1, 0.15) is 5.82 Å². The zero-order valence-electron chi connectivity index (χ0n) is 16.0. The smallest absolute Gasteiger partial charge is 0.251 e. The maximum absolute atomic E-state index is 12.2. The maximum Gasteiger partial charge on any atom is 0.251 e. The summed E-state index contributed by atoms with van der Waals surface area (Å²) in [5.41, 5.74) is 3.35. The zero-order valence-corrected chi connectivity index (χ0v) is 16.0. The van der Waals surface area contributed by atoms with Crippen molar-refractivity contribution in [2.75, 3.05) is 11.9 Å². The number of nitrogens with zero attached hydrogens (tertiary/aromatic N) is 5. The van der Waals surface area contributed by atoms with E-state index in [2.05, 4.69) is 30.9 Å². The summed E-state index contributed by atoms with van der Waals surface area (Å²) in [4.78, 5) is 16.5. The van der Waals surface area contributed by atoms with Crippen LogP contribution in [-0.2, 0) is 13.0 Å². The molecule has 29 heavy (non-hydrogen) atoms. The summed E-state index contributed by atoms with van der Waals surface area (Å²) < 4.78 is 1.69. The van der Waals surface area contributed by atoms with Crippen molar-refractivity contribution in [3.8, 4) is 0 Å². The van der Waals surface area contributed by atoms with Gasteiger partial charge < -0.3 is 10.6 Å². The molecule has 0 fully saturated rings. The molecule has 8 nitrogen and oxygen atoms in total. The van der Waals surface area contributed by atoms with E-state index in [0.29, 0.717) is 42.4 Å². The van der Waals surface area contributed by atoms with Gasteiger partial charge in [-0.15, -0.1) is 15.3 Å². The van der Waals surface area contributed by atoms with E-state index in [1.54, 1.807) is 10.7 Å². The van der Waals surface area contributed by atoms with Gasteiger partial charge in [0.25, 0.3) is 5.91 Å². The Morgan fingerprint density at radius 3 is 2.69 bits per heavy atom. The molecule has 2 N–H and O–H groups in total. The maximum atomic E-state index is 12.2. The fraction of sp³-hybridized carbons (Fsp3) is 0.190. The number of carbonyl (C=O) groups excluding carboxylic acids is 1. The predicted octanol–water partition coefficient (Wildman–Crippen LogP) is 2.41. The van der Waals surface area contributed by atoms with E-state index in [-0.39, 0.29) is 5.91 Å². The van der Waals surface area contributed by atoms with E-state index >= 15 is 0 Å². The first-order valence-electron chi connectivity index (χ1n) is 9.39. The number of pyridine rings is 1. The van der Waals surface area contributed by atoms with Crippen molar-refractivity contribution in [3.63, 3.8) is 0 Å². The van der Waals surface area contributed by atoms with Gasteiger partial charge in [0, 0.05) is 24.7 Å². The number of nitrogens with one attached hydrogen (secondary N) is 2. The first-order chi connectivity index (χ1) is 14.2. The largest absolute Gasteiger partial charge is 0.363 e. The van der Waals surface area contributed by atoms with Crippen LogP contribution in [-0.4, -0.2) is 37.2 Å². The van der Waals surface area contributed by atoms with Crippen molar-refractivity contribution in [1.29, 1.82) is 0 Å². The first kappa shape index (κ1) is 18.5. The third-order valence-electron chi connectivity index (χ3n) is 4.45. The number of carbonyl (C=O) groups is 1. The molecule has 0 saturated carbocycles. The molecule has 146 valence electrons. The minimum atomic E-state index is -0.107. The van der Waals surface area contributed by atoms with E-state index < -0.39 is 0 Å². The van der Waals surface area contributed by atoms with Gasteiger partial charge >= 0.3 is 0 Å². The Bertz CT molecular complexity index is 1110. The van der Waals surface area contributed by atoms with E-state index in [1.165, 1.54) is 0 Å². The number of aryl methyl sites for hydroxylation is 1. The number of hydrogen-bond acceptors (Lipinski definition) is 6. The second kappa shape index (κ2) is 8.47. The lowest BCUT2D eigenvalue weighted by Crippen LogP contribution is -2.26. The minimum absolute atomic E-state index is 0.107. The fourth-order valence-corrected chi connectivity index (χ4v) is 2.86. The van der Waals surface area contributed by atoms with Gasteiger partial charge in [-0.05, 0) is 43.3 Å². The lowest BCUT2D eigenvalue weighted by molar-refractivity contribution is 0.0954. The normalized spacial score (nSPS) is 10.8. The van der Waals surface area contributed by atoms with E-state index in [4.69, 9.17) is 0 Å². The van der Waals surface area contributed by atoms with E-state index in [1.807, 2.05) is 61.5 Å². The van der Waals surface area contributed by atoms with Gasteiger partial charge in [0.05, 0.1) is 12.2 Å². The minimum Gasteiger partial charge on any atom is -0.363 e. The molecule has 0 atom stereocenters. The molecule has 1 amide bonds. The Labute approximate surface area is 168 Å². The second-order valence-electron chi connectivity index (χ2n) is 6.65. The standard InChI is InChI=1S/C21H21N7O/c1-15-5-7-16(8-6-15)21(29)23-13-11-20-26-25-19-10-9-18(27-28(19)20)24-14-17-4-2-3-12-22-17/h2-10,12H,11,13-14H2,1H3,(H,23,29)(H,24,27). The van der Waals surface area contributed by atoms with Crippen LogP contribution in [0.15, 0.2) is 60.8 Å². The molecule has 8 heteroatoms. The molecule has 1 aromatic carbocycles. The summed E-state index contributed by atoms with van der Waals surface area (Å²) in [5, 5.41) is 19.1. The summed E-state index contributed by atoms with van der Waals surface area (Å²) in [5.74, 6) is 1.28. The number of amides is 1. The molecule has 3 aromatic heterocycles. The Morgan fingerprint density at radius 2 is 1.90 bits per heavy atom. The van der Waals surface area contributed by atoms with Crippen molar-refractivity contribution in [3.05, 3.63) is 83.4 Å². The third kappa shape index (κ3) is 4.55. The van der Waals surface area contributed by atoms with Crippen LogP contribution in [0.25, 0.3) is 5.65 Å². The molecule has 0 aliphatic heterocycles. The van der Waals surface area contributed by atoms with Crippen molar-refractivity contribution in [2.24, 2.45) is 0 Å². The summed E-state index contributed by atoms with van der Waals surface area (Å²) in [6, 6.07) is 17.0. The van der Waals surface area contributed by atoms with Crippen molar-refractivity contribution >= 4 is 17.4 Å². The first-order valence-corrected chi connectivity index (χ1v) is 9.39. The van der Waals surface area contributed by atoms with Crippen molar-refractivity contribution in [2.45, 2.75) is 19.9 Å². The highest BCUT2D eigenvalue weighted by Gasteiger charge is 2.09. The van der Waals surface area contributed by atoms with Crippen molar-refractivity contribution < 1.29 is 4.79 Å². The summed E-state index contributed by atoms with van der Waals surface area (Å²) in [6.07, 6.45) is 2.28. The number of fused-ring (bicyclic) bond motifs is 1. The van der Waals surface area contributed by atoms with Gasteiger partial charge in [-0.25, -0.2) is 0 Å². The topological polar surface area (TPSA) is 97.1 Å². The van der Waals surface area contributed by atoms with E-state index in [0.717, 1.165) is 11.3 Å². The van der Waals surface area contributed by atoms with Crippen molar-refractivity contribution in [1.82, 2.24) is 30.1 Å². The van der Waals surface area contributed by atoms with Crippen LogP contribution in [0.5, 0.6) is 0 Å². The van der Waals surface area contributed by atoms with Gasteiger partial charge in [0.2, 0.25) is 0 Å².